The van der Waals surface area contributed by atoms with Gasteiger partial charge in [-0.25, -0.2) is 0 Å². The van der Waals surface area contributed by atoms with Crippen molar-refractivity contribution < 1.29 is 14.1 Å². The summed E-state index contributed by atoms with van der Waals surface area (Å²) in [6, 6.07) is 2.25. The van der Waals surface area contributed by atoms with Crippen molar-refractivity contribution in [3.8, 4) is 0 Å². The Morgan fingerprint density at radius 3 is 2.59 bits per heavy atom. The van der Waals surface area contributed by atoms with Gasteiger partial charge in [-0.15, -0.1) is 0 Å². The van der Waals surface area contributed by atoms with Crippen molar-refractivity contribution in [3.63, 3.8) is 0 Å². The lowest BCUT2D eigenvalue weighted by atomic mass is 9.81. The number of nitrogens with zero attached hydrogens (tertiary/aromatic N) is 1. The number of ketones is 1. The van der Waals surface area contributed by atoms with E-state index < -0.39 is 0 Å². The Bertz CT molecular complexity index is 674. The molecule has 6 heteroatoms. The Morgan fingerprint density at radius 1 is 1.11 bits per heavy atom. The van der Waals surface area contributed by atoms with E-state index in [0.717, 1.165) is 70.0 Å². The number of nitrogens with two attached hydrogens (primary N) is 1. The van der Waals surface area contributed by atoms with Gasteiger partial charge in [0.1, 0.15) is 11.5 Å². The predicted molar refractivity (Wildman–Crippen MR) is 101 cm³/mol. The van der Waals surface area contributed by atoms with Gasteiger partial charge in [0.05, 0.1) is 0 Å². The van der Waals surface area contributed by atoms with Crippen molar-refractivity contribution in [2.45, 2.75) is 88.6 Å². The number of hydrogen-bond acceptors (Lipinski definition) is 5. The third-order valence-electron chi connectivity index (χ3n) is 6.55. The van der Waals surface area contributed by atoms with Gasteiger partial charge in [0.25, 0.3) is 0 Å². The van der Waals surface area contributed by atoms with Crippen LogP contribution < -0.4 is 11.1 Å². The van der Waals surface area contributed by atoms with Crippen LogP contribution in [0, 0.1) is 11.8 Å². The van der Waals surface area contributed by atoms with Gasteiger partial charge < -0.3 is 15.6 Å². The fraction of sp³-hybridized carbons (Fsp3) is 0.762. The lowest BCUT2D eigenvalue weighted by molar-refractivity contribution is -0.127. The zero-order valence-electron chi connectivity index (χ0n) is 16.0. The van der Waals surface area contributed by atoms with Crippen LogP contribution in [0.4, 0.5) is 0 Å². The third kappa shape index (κ3) is 4.78. The first kappa shape index (κ1) is 18.7. The maximum Gasteiger partial charge on any atom is 0.223 e. The number of hydrogen-bond donors (Lipinski definition) is 2. The van der Waals surface area contributed by atoms with Crippen LogP contribution in [0.5, 0.6) is 0 Å². The molecule has 27 heavy (non-hydrogen) atoms. The number of aromatic nitrogens is 1. The molecule has 3 fully saturated rings. The van der Waals surface area contributed by atoms with E-state index >= 15 is 0 Å². The number of nitrogens with one attached hydrogen (secondary N) is 1. The molecule has 0 saturated heterocycles. The minimum Gasteiger partial charge on any atom is -0.360 e. The second kappa shape index (κ2) is 8.13. The van der Waals surface area contributed by atoms with E-state index in [1.165, 1.54) is 0 Å². The van der Waals surface area contributed by atoms with E-state index in [0.29, 0.717) is 24.0 Å². The Hall–Kier alpha value is -1.69. The molecule has 2 atom stereocenters. The second-order valence-corrected chi connectivity index (χ2v) is 8.87. The van der Waals surface area contributed by atoms with Crippen LogP contribution in [0.25, 0.3) is 0 Å². The maximum absolute atomic E-state index is 12.5. The third-order valence-corrected chi connectivity index (χ3v) is 6.55. The van der Waals surface area contributed by atoms with Crippen LogP contribution in [0.2, 0.25) is 0 Å². The van der Waals surface area contributed by atoms with Crippen LogP contribution in [0.1, 0.15) is 92.8 Å². The minimum atomic E-state index is 0.0841. The van der Waals surface area contributed by atoms with Crippen LogP contribution >= 0.6 is 0 Å². The highest BCUT2D eigenvalue weighted by atomic mass is 16.5. The standard InChI is InChI=1S/C21H31N3O3/c22-16-3-1-2-15(11-16)21(26)23-17-8-4-13(5-9-17)10-19(25)18-12-20(27-24-18)14-6-7-14/h12-17H,1-11,22H2,(H,23,26)/t13?,15-,16-,17?/m0/s1. The van der Waals surface area contributed by atoms with Gasteiger partial charge in [-0.2, -0.15) is 0 Å². The fourth-order valence-corrected chi connectivity index (χ4v) is 4.64. The summed E-state index contributed by atoms with van der Waals surface area (Å²) in [6.45, 7) is 0. The van der Waals surface area contributed by atoms with Crippen molar-refractivity contribution in [2.24, 2.45) is 17.6 Å². The normalized spacial score (nSPS) is 31.4. The number of carbonyl (C=O) groups is 2. The van der Waals surface area contributed by atoms with E-state index in [-0.39, 0.29) is 29.7 Å². The zero-order valence-corrected chi connectivity index (χ0v) is 16.0. The molecule has 0 aromatic carbocycles. The summed E-state index contributed by atoms with van der Waals surface area (Å²) in [6.07, 6.45) is 10.6. The van der Waals surface area contributed by atoms with Gasteiger partial charge in [-0.1, -0.05) is 11.6 Å². The van der Waals surface area contributed by atoms with E-state index in [1.807, 2.05) is 6.07 Å². The van der Waals surface area contributed by atoms with Crippen LogP contribution in [-0.4, -0.2) is 28.9 Å². The molecule has 1 heterocycles. The smallest absolute Gasteiger partial charge is 0.223 e. The average Bonchev–Trinajstić information content (AvgIpc) is 3.40. The first-order chi connectivity index (χ1) is 13.1. The molecule has 0 radical (unpaired) electrons. The quantitative estimate of drug-likeness (QED) is 0.745. The monoisotopic (exact) mass is 373 g/mol. The Labute approximate surface area is 160 Å². The van der Waals surface area contributed by atoms with Gasteiger partial charge in [0.2, 0.25) is 5.91 Å². The molecule has 3 N–H and O–H groups in total. The first-order valence-corrected chi connectivity index (χ1v) is 10.6. The molecule has 1 aromatic heterocycles. The highest BCUT2D eigenvalue weighted by molar-refractivity contribution is 5.94. The summed E-state index contributed by atoms with van der Waals surface area (Å²) < 4.78 is 5.30. The molecular formula is C21H31N3O3. The van der Waals surface area contributed by atoms with Gasteiger partial charge in [0, 0.05) is 36.4 Å². The lowest BCUT2D eigenvalue weighted by Gasteiger charge is -2.31. The average molecular weight is 373 g/mol. The number of rotatable bonds is 6. The number of carbonyl (C=O) groups excluding carboxylic acids is 2. The highest BCUT2D eigenvalue weighted by Gasteiger charge is 2.31. The molecule has 0 unspecified atom stereocenters. The van der Waals surface area contributed by atoms with E-state index in [9.17, 15) is 9.59 Å². The summed E-state index contributed by atoms with van der Waals surface area (Å²) in [5.74, 6) is 2.09. The van der Waals surface area contributed by atoms with Crippen molar-refractivity contribution in [1.82, 2.24) is 10.5 Å². The maximum atomic E-state index is 12.5. The van der Waals surface area contributed by atoms with Gasteiger partial charge in [-0.3, -0.25) is 9.59 Å². The summed E-state index contributed by atoms with van der Waals surface area (Å²) in [7, 11) is 0. The molecule has 6 nitrogen and oxygen atoms in total. The Balaban J connectivity index is 1.20. The summed E-state index contributed by atoms with van der Waals surface area (Å²) in [5.41, 5.74) is 6.49. The topological polar surface area (TPSA) is 98.2 Å². The summed E-state index contributed by atoms with van der Waals surface area (Å²) in [5, 5.41) is 7.19. The van der Waals surface area contributed by atoms with Crippen molar-refractivity contribution in [2.75, 3.05) is 0 Å². The summed E-state index contributed by atoms with van der Waals surface area (Å²) in [4.78, 5) is 24.9. The van der Waals surface area contributed by atoms with Crippen molar-refractivity contribution in [1.29, 1.82) is 0 Å². The van der Waals surface area contributed by atoms with E-state index in [1.54, 1.807) is 0 Å². The molecule has 4 rings (SSSR count). The largest absolute Gasteiger partial charge is 0.360 e. The van der Waals surface area contributed by atoms with E-state index in [4.69, 9.17) is 10.3 Å². The molecule has 1 amide bonds. The predicted octanol–water partition coefficient (Wildman–Crippen LogP) is 3.32. The van der Waals surface area contributed by atoms with Gasteiger partial charge >= 0.3 is 0 Å². The molecule has 1 aromatic rings. The molecule has 0 aliphatic heterocycles. The highest BCUT2D eigenvalue weighted by Crippen LogP contribution is 2.40. The van der Waals surface area contributed by atoms with Crippen molar-refractivity contribution >= 4 is 11.7 Å². The molecule has 3 saturated carbocycles. The van der Waals surface area contributed by atoms with Crippen LogP contribution in [0.15, 0.2) is 10.6 Å². The van der Waals surface area contributed by atoms with Crippen LogP contribution in [-0.2, 0) is 4.79 Å². The molecule has 3 aliphatic carbocycles. The van der Waals surface area contributed by atoms with Crippen molar-refractivity contribution in [3.05, 3.63) is 17.5 Å². The molecular weight excluding hydrogens is 342 g/mol. The Morgan fingerprint density at radius 2 is 1.89 bits per heavy atom. The number of Topliss-reactive ketones (excluding diaryl/α,β-unsaturated/α-hetero) is 1. The molecule has 0 spiro atoms. The first-order valence-electron chi connectivity index (χ1n) is 10.6. The number of amides is 1. The SMILES string of the molecule is N[C@H]1CCC[C@H](C(=O)NC2CCC(CC(=O)c3cc(C4CC4)on3)CC2)C1. The van der Waals surface area contributed by atoms with Crippen LogP contribution in [0.3, 0.4) is 0 Å². The second-order valence-electron chi connectivity index (χ2n) is 8.87. The van der Waals surface area contributed by atoms with Gasteiger partial charge in [-0.05, 0) is 63.7 Å². The molecule has 0 bridgehead atoms. The fourth-order valence-electron chi connectivity index (χ4n) is 4.64. The molecule has 3 aliphatic rings. The van der Waals surface area contributed by atoms with E-state index in [2.05, 4.69) is 10.5 Å². The Kier molecular flexibility index (Phi) is 5.62. The summed E-state index contributed by atoms with van der Waals surface area (Å²) >= 11 is 0. The molecule has 148 valence electrons. The lowest BCUT2D eigenvalue weighted by Crippen LogP contribution is -2.43. The van der Waals surface area contributed by atoms with Gasteiger partial charge in [0.15, 0.2) is 5.78 Å². The minimum absolute atomic E-state index is 0.0841. The zero-order chi connectivity index (χ0) is 18.8.